The molecule has 0 bridgehead atoms. The van der Waals surface area contributed by atoms with Gasteiger partial charge in [-0.3, -0.25) is 15.2 Å². The van der Waals surface area contributed by atoms with Crippen LogP contribution in [0, 0.1) is 0 Å². The molecule has 0 radical (unpaired) electrons. The second-order valence-corrected chi connectivity index (χ2v) is 5.87. The fourth-order valence-corrected chi connectivity index (χ4v) is 3.24. The molecule has 1 saturated heterocycles. The minimum absolute atomic E-state index is 0.0908. The summed E-state index contributed by atoms with van der Waals surface area (Å²) >= 11 is 0. The Bertz CT molecular complexity index is 688. The van der Waals surface area contributed by atoms with Crippen molar-refractivity contribution < 1.29 is 4.79 Å². The highest BCUT2D eigenvalue weighted by Gasteiger charge is 2.32. The van der Waals surface area contributed by atoms with Crippen LogP contribution < -0.4 is 10.9 Å². The van der Waals surface area contributed by atoms with Crippen molar-refractivity contribution in [1.29, 1.82) is 0 Å². The summed E-state index contributed by atoms with van der Waals surface area (Å²) in [6, 6.07) is 14.6. The molecule has 112 valence electrons. The van der Waals surface area contributed by atoms with Gasteiger partial charge in [-0.25, -0.2) is 5.43 Å². The molecule has 5 heteroatoms. The lowest BCUT2D eigenvalue weighted by Crippen LogP contribution is -2.40. The first-order valence-corrected chi connectivity index (χ1v) is 7.60. The summed E-state index contributed by atoms with van der Waals surface area (Å²) in [6.07, 6.45) is 2.72. The zero-order valence-electron chi connectivity index (χ0n) is 12.2. The maximum absolute atomic E-state index is 12.4. The zero-order valence-corrected chi connectivity index (χ0v) is 12.2. The maximum atomic E-state index is 12.4. The van der Waals surface area contributed by atoms with Gasteiger partial charge in [0.1, 0.15) is 0 Å². The van der Waals surface area contributed by atoms with Crippen LogP contribution in [0.25, 0.3) is 0 Å². The van der Waals surface area contributed by atoms with Crippen LogP contribution in [0.4, 0.5) is 0 Å². The van der Waals surface area contributed by atoms with Gasteiger partial charge in [0.05, 0.1) is 17.8 Å². The summed E-state index contributed by atoms with van der Waals surface area (Å²) < 4.78 is 0. The fourth-order valence-electron chi connectivity index (χ4n) is 3.24. The standard InChI is InChI=1S/C17H18N4O/c22-17-14-7-4-8-18-16(14)11-21(17)10-13-9-15(20-19-13)12-5-2-1-3-6-12/h1-8,13,15,19-20H,9-11H2. The second kappa shape index (κ2) is 5.51. The predicted molar refractivity (Wildman–Crippen MR) is 82.8 cm³/mol. The zero-order chi connectivity index (χ0) is 14.9. The van der Waals surface area contributed by atoms with E-state index in [4.69, 9.17) is 0 Å². The fraction of sp³-hybridized carbons (Fsp3) is 0.294. The van der Waals surface area contributed by atoms with Gasteiger partial charge in [-0.1, -0.05) is 30.3 Å². The number of hydrogen-bond donors (Lipinski definition) is 2. The number of amides is 1. The largest absolute Gasteiger partial charge is 0.331 e. The van der Waals surface area contributed by atoms with E-state index >= 15 is 0 Å². The number of carbonyl (C=O) groups is 1. The summed E-state index contributed by atoms with van der Waals surface area (Å²) in [7, 11) is 0. The lowest BCUT2D eigenvalue weighted by molar-refractivity contribution is 0.0763. The molecule has 5 nitrogen and oxygen atoms in total. The Kier molecular flexibility index (Phi) is 3.36. The molecule has 2 atom stereocenters. The third kappa shape index (κ3) is 2.38. The average molecular weight is 294 g/mol. The topological polar surface area (TPSA) is 57.3 Å². The summed E-state index contributed by atoms with van der Waals surface area (Å²) in [6.45, 7) is 1.31. The van der Waals surface area contributed by atoms with Crippen LogP contribution in [0.1, 0.15) is 34.1 Å². The average Bonchev–Trinajstić information content (AvgIpc) is 3.15. The molecular weight excluding hydrogens is 276 g/mol. The molecule has 2 aromatic rings. The van der Waals surface area contributed by atoms with Gasteiger partial charge in [0.2, 0.25) is 0 Å². The number of fused-ring (bicyclic) bond motifs is 1. The van der Waals surface area contributed by atoms with Crippen molar-refractivity contribution in [1.82, 2.24) is 20.7 Å². The van der Waals surface area contributed by atoms with Gasteiger partial charge in [-0.05, 0) is 24.1 Å². The molecule has 2 unspecified atom stereocenters. The van der Waals surface area contributed by atoms with Crippen LogP contribution >= 0.6 is 0 Å². The monoisotopic (exact) mass is 294 g/mol. The van der Waals surface area contributed by atoms with E-state index in [2.05, 4.69) is 40.1 Å². The van der Waals surface area contributed by atoms with Gasteiger partial charge < -0.3 is 4.90 Å². The minimum Gasteiger partial charge on any atom is -0.331 e. The maximum Gasteiger partial charge on any atom is 0.256 e. The van der Waals surface area contributed by atoms with Crippen molar-refractivity contribution in [2.24, 2.45) is 0 Å². The number of pyridine rings is 1. The molecule has 0 spiro atoms. The second-order valence-electron chi connectivity index (χ2n) is 5.87. The van der Waals surface area contributed by atoms with Gasteiger partial charge in [0.25, 0.3) is 5.91 Å². The van der Waals surface area contributed by atoms with Crippen LogP contribution in [-0.4, -0.2) is 28.4 Å². The molecule has 3 heterocycles. The molecule has 1 aromatic heterocycles. The molecule has 1 fully saturated rings. The van der Waals surface area contributed by atoms with Crippen molar-refractivity contribution in [3.63, 3.8) is 0 Å². The van der Waals surface area contributed by atoms with Crippen molar-refractivity contribution in [3.05, 3.63) is 65.5 Å². The summed E-state index contributed by atoms with van der Waals surface area (Å²) in [5.41, 5.74) is 9.55. The lowest BCUT2D eigenvalue weighted by Gasteiger charge is -2.19. The van der Waals surface area contributed by atoms with Crippen molar-refractivity contribution in [2.75, 3.05) is 6.54 Å². The molecule has 1 amide bonds. The number of nitrogens with one attached hydrogen (secondary N) is 2. The first-order chi connectivity index (χ1) is 10.8. The van der Waals surface area contributed by atoms with Gasteiger partial charge >= 0.3 is 0 Å². The van der Waals surface area contributed by atoms with E-state index in [-0.39, 0.29) is 11.9 Å². The molecule has 0 saturated carbocycles. The van der Waals surface area contributed by atoms with E-state index in [0.717, 1.165) is 17.7 Å². The molecule has 2 aliphatic rings. The molecule has 4 rings (SSSR count). The van der Waals surface area contributed by atoms with Crippen LogP contribution in [0.3, 0.4) is 0 Å². The van der Waals surface area contributed by atoms with Crippen LogP contribution in [0.15, 0.2) is 48.7 Å². The Morgan fingerprint density at radius 3 is 2.82 bits per heavy atom. The van der Waals surface area contributed by atoms with Crippen molar-refractivity contribution in [2.45, 2.75) is 25.0 Å². The highest BCUT2D eigenvalue weighted by Crippen LogP contribution is 2.25. The lowest BCUT2D eigenvalue weighted by atomic mass is 10.0. The minimum atomic E-state index is 0.0908. The number of rotatable bonds is 3. The first-order valence-electron chi connectivity index (χ1n) is 7.60. The summed E-state index contributed by atoms with van der Waals surface area (Å²) in [4.78, 5) is 18.6. The van der Waals surface area contributed by atoms with E-state index < -0.39 is 0 Å². The van der Waals surface area contributed by atoms with Gasteiger partial charge in [0.15, 0.2) is 0 Å². The van der Waals surface area contributed by atoms with E-state index in [1.54, 1.807) is 6.20 Å². The Balaban J connectivity index is 1.41. The Labute approximate surface area is 129 Å². The van der Waals surface area contributed by atoms with Gasteiger partial charge in [-0.15, -0.1) is 0 Å². The molecular formula is C17H18N4O. The van der Waals surface area contributed by atoms with Gasteiger partial charge in [-0.2, -0.15) is 0 Å². The van der Waals surface area contributed by atoms with Crippen LogP contribution in [0.5, 0.6) is 0 Å². The summed E-state index contributed by atoms with van der Waals surface area (Å²) in [5, 5.41) is 0. The van der Waals surface area contributed by atoms with E-state index in [1.807, 2.05) is 23.1 Å². The number of benzene rings is 1. The molecule has 1 aromatic carbocycles. The molecule has 2 N–H and O–H groups in total. The smallest absolute Gasteiger partial charge is 0.256 e. The Morgan fingerprint density at radius 1 is 1.14 bits per heavy atom. The number of hydrogen-bond acceptors (Lipinski definition) is 4. The van der Waals surface area contributed by atoms with Gasteiger partial charge in [0, 0.05) is 24.8 Å². The third-order valence-electron chi connectivity index (χ3n) is 4.37. The molecule has 22 heavy (non-hydrogen) atoms. The number of aromatic nitrogens is 1. The van der Waals surface area contributed by atoms with Crippen LogP contribution in [-0.2, 0) is 6.54 Å². The highest BCUT2D eigenvalue weighted by atomic mass is 16.2. The third-order valence-corrected chi connectivity index (χ3v) is 4.37. The Hall–Kier alpha value is -2.24. The summed E-state index contributed by atoms with van der Waals surface area (Å²) in [5.74, 6) is 0.0908. The van der Waals surface area contributed by atoms with E-state index in [0.29, 0.717) is 19.1 Å². The Morgan fingerprint density at radius 2 is 2.00 bits per heavy atom. The van der Waals surface area contributed by atoms with Crippen molar-refractivity contribution >= 4 is 5.91 Å². The van der Waals surface area contributed by atoms with Crippen molar-refractivity contribution in [3.8, 4) is 0 Å². The number of hydrazine groups is 1. The first kappa shape index (κ1) is 13.4. The number of carbonyl (C=O) groups excluding carboxylic acids is 1. The predicted octanol–water partition coefficient (Wildman–Crippen LogP) is 1.65. The highest BCUT2D eigenvalue weighted by molar-refractivity contribution is 5.97. The molecule has 0 aliphatic carbocycles. The van der Waals surface area contributed by atoms with E-state index in [9.17, 15) is 4.79 Å². The molecule has 2 aliphatic heterocycles. The van der Waals surface area contributed by atoms with Crippen LogP contribution in [0.2, 0.25) is 0 Å². The van der Waals surface area contributed by atoms with E-state index in [1.165, 1.54) is 5.56 Å². The number of nitrogens with zero attached hydrogens (tertiary/aromatic N) is 2. The normalized spacial score (nSPS) is 23.8. The quantitative estimate of drug-likeness (QED) is 0.903. The SMILES string of the molecule is O=C1c2cccnc2CN1CC1CC(c2ccccc2)NN1.